The first-order valence-electron chi connectivity index (χ1n) is 5.87. The van der Waals surface area contributed by atoms with E-state index in [1.807, 2.05) is 0 Å². The van der Waals surface area contributed by atoms with E-state index in [1.54, 1.807) is 12.1 Å². The molecule has 0 bridgehead atoms. The van der Waals surface area contributed by atoms with Gasteiger partial charge in [0.1, 0.15) is 0 Å². The van der Waals surface area contributed by atoms with E-state index in [1.165, 1.54) is 12.1 Å². The normalized spacial score (nSPS) is 10.5. The fourth-order valence-electron chi connectivity index (χ4n) is 1.34. The van der Waals surface area contributed by atoms with Crippen molar-refractivity contribution >= 4 is 35.1 Å². The van der Waals surface area contributed by atoms with Crippen LogP contribution in [0.2, 0.25) is 0 Å². The average molecular weight is 302 g/mol. The smallest absolute Gasteiger partial charge is 0.248 e. The molecule has 0 saturated heterocycles. The number of amides is 2. The summed E-state index contributed by atoms with van der Waals surface area (Å²) in [4.78, 5) is 43.3. The van der Waals surface area contributed by atoms with Crippen molar-refractivity contribution in [2.24, 2.45) is 0 Å². The number of para-hydroxylation sites is 2. The topological polar surface area (TPSA) is 138 Å². The number of carboxylic acid groups (broad SMARTS) is 2. The zero-order valence-corrected chi connectivity index (χ0v) is 11.1. The Hall–Kier alpha value is -3.42. The van der Waals surface area contributed by atoms with Crippen molar-refractivity contribution in [3.05, 3.63) is 48.6 Å². The zero-order chi connectivity index (χ0) is 16.5. The van der Waals surface area contributed by atoms with Crippen LogP contribution in [0.15, 0.2) is 48.6 Å². The number of hydrogen-bond donors (Lipinski definition) is 2. The van der Waals surface area contributed by atoms with Gasteiger partial charge in [0.25, 0.3) is 0 Å². The first kappa shape index (κ1) is 16.6. The molecule has 8 nitrogen and oxygen atoms in total. The molecule has 0 atom stereocenters. The van der Waals surface area contributed by atoms with Gasteiger partial charge in [-0.3, -0.25) is 9.59 Å². The molecule has 8 heteroatoms. The van der Waals surface area contributed by atoms with Gasteiger partial charge in [0.2, 0.25) is 11.8 Å². The second kappa shape index (κ2) is 8.00. The molecule has 1 aromatic rings. The number of hydrogen-bond acceptors (Lipinski definition) is 6. The predicted molar refractivity (Wildman–Crippen MR) is 72.0 cm³/mol. The number of carboxylic acids is 2. The number of carbonyl (C=O) groups excluding carboxylic acids is 4. The molecule has 0 aliphatic carbocycles. The Morgan fingerprint density at radius 2 is 1.09 bits per heavy atom. The molecule has 2 N–H and O–H groups in total. The third kappa shape index (κ3) is 6.15. The van der Waals surface area contributed by atoms with Crippen molar-refractivity contribution in [1.82, 2.24) is 0 Å². The van der Waals surface area contributed by atoms with E-state index >= 15 is 0 Å². The SMILES string of the molecule is O=C([O-])C=CC(=O)Nc1ccccc1NC(=O)C=CC(=O)[O-]. The summed E-state index contributed by atoms with van der Waals surface area (Å²) in [5, 5.41) is 25.1. The maximum atomic E-state index is 11.5. The molecule has 0 unspecified atom stereocenters. The lowest BCUT2D eigenvalue weighted by molar-refractivity contribution is -0.298. The number of benzene rings is 1. The first-order chi connectivity index (χ1) is 10.4. The van der Waals surface area contributed by atoms with Crippen LogP contribution in [-0.4, -0.2) is 23.8 Å². The zero-order valence-electron chi connectivity index (χ0n) is 11.1. The maximum absolute atomic E-state index is 11.5. The molecule has 114 valence electrons. The molecule has 1 rings (SSSR count). The Bertz CT molecular complexity index is 606. The summed E-state index contributed by atoms with van der Waals surface area (Å²) in [5.41, 5.74) is 0.399. The Morgan fingerprint density at radius 3 is 1.41 bits per heavy atom. The largest absolute Gasteiger partial charge is 0.545 e. The van der Waals surface area contributed by atoms with Crippen molar-refractivity contribution in [3.8, 4) is 0 Å². The van der Waals surface area contributed by atoms with E-state index in [2.05, 4.69) is 10.6 Å². The highest BCUT2D eigenvalue weighted by Gasteiger charge is 2.06. The predicted octanol–water partition coefficient (Wildman–Crippen LogP) is -1.82. The van der Waals surface area contributed by atoms with Gasteiger partial charge in [-0.2, -0.15) is 0 Å². The van der Waals surface area contributed by atoms with Gasteiger partial charge < -0.3 is 30.4 Å². The van der Waals surface area contributed by atoms with E-state index in [9.17, 15) is 29.4 Å². The van der Waals surface area contributed by atoms with Gasteiger partial charge in [-0.1, -0.05) is 12.1 Å². The minimum atomic E-state index is -1.52. The minimum Gasteiger partial charge on any atom is -0.545 e. The highest BCUT2D eigenvalue weighted by molar-refractivity contribution is 6.07. The molecule has 22 heavy (non-hydrogen) atoms. The van der Waals surface area contributed by atoms with E-state index in [-0.39, 0.29) is 11.4 Å². The molecule has 1 aromatic carbocycles. The van der Waals surface area contributed by atoms with E-state index in [0.29, 0.717) is 12.2 Å². The van der Waals surface area contributed by atoms with Gasteiger partial charge in [-0.15, -0.1) is 0 Å². The van der Waals surface area contributed by atoms with Crippen molar-refractivity contribution in [1.29, 1.82) is 0 Å². The monoisotopic (exact) mass is 302 g/mol. The molecule has 0 radical (unpaired) electrons. The molecule has 0 fully saturated rings. The summed E-state index contributed by atoms with van der Waals surface area (Å²) in [5.74, 6) is -4.53. The number of rotatable bonds is 6. The summed E-state index contributed by atoms with van der Waals surface area (Å²) in [7, 11) is 0. The molecule has 0 aromatic heterocycles. The van der Waals surface area contributed by atoms with Crippen LogP contribution in [0.5, 0.6) is 0 Å². The van der Waals surface area contributed by atoms with Crippen LogP contribution in [0, 0.1) is 0 Å². The molecule has 0 spiro atoms. The summed E-state index contributed by atoms with van der Waals surface area (Å²) in [6.07, 6.45) is 2.62. The van der Waals surface area contributed by atoms with Crippen molar-refractivity contribution in [2.45, 2.75) is 0 Å². The van der Waals surface area contributed by atoms with Crippen LogP contribution < -0.4 is 20.8 Å². The molecule has 0 saturated carbocycles. The lowest BCUT2D eigenvalue weighted by Crippen LogP contribution is -2.20. The summed E-state index contributed by atoms with van der Waals surface area (Å²) >= 11 is 0. The Kier molecular flexibility index (Phi) is 6.05. The van der Waals surface area contributed by atoms with Gasteiger partial charge in [0.05, 0.1) is 23.3 Å². The highest BCUT2D eigenvalue weighted by atomic mass is 16.4. The third-order valence-electron chi connectivity index (χ3n) is 2.18. The summed E-state index contributed by atoms with van der Waals surface area (Å²) < 4.78 is 0. The van der Waals surface area contributed by atoms with Gasteiger partial charge in [-0.25, -0.2) is 0 Å². The second-order valence-electron chi connectivity index (χ2n) is 3.83. The Balaban J connectivity index is 2.81. The lowest BCUT2D eigenvalue weighted by atomic mass is 10.2. The Morgan fingerprint density at radius 1 is 0.727 bits per heavy atom. The number of anilines is 2. The van der Waals surface area contributed by atoms with Crippen molar-refractivity contribution in [2.75, 3.05) is 10.6 Å². The van der Waals surface area contributed by atoms with Gasteiger partial charge >= 0.3 is 0 Å². The van der Waals surface area contributed by atoms with Crippen LogP contribution >= 0.6 is 0 Å². The van der Waals surface area contributed by atoms with E-state index in [4.69, 9.17) is 0 Å². The molecule has 0 aliphatic rings. The number of nitrogens with one attached hydrogen (secondary N) is 2. The Labute approximate surface area is 124 Å². The van der Waals surface area contributed by atoms with Crippen LogP contribution in [0.25, 0.3) is 0 Å². The quantitative estimate of drug-likeness (QED) is 0.593. The molecular weight excluding hydrogens is 292 g/mol. The minimum absolute atomic E-state index is 0.200. The highest BCUT2D eigenvalue weighted by Crippen LogP contribution is 2.20. The summed E-state index contributed by atoms with van der Waals surface area (Å²) in [6, 6.07) is 6.07. The van der Waals surface area contributed by atoms with Gasteiger partial charge in [0, 0.05) is 12.2 Å². The summed E-state index contributed by atoms with van der Waals surface area (Å²) in [6.45, 7) is 0. The lowest BCUT2D eigenvalue weighted by Gasteiger charge is -2.10. The van der Waals surface area contributed by atoms with Crippen LogP contribution in [0.1, 0.15) is 0 Å². The van der Waals surface area contributed by atoms with Crippen molar-refractivity contribution in [3.63, 3.8) is 0 Å². The number of carbonyl (C=O) groups is 4. The average Bonchev–Trinajstić information content (AvgIpc) is 2.45. The molecule has 2 amide bonds. The molecule has 0 aliphatic heterocycles. The fraction of sp³-hybridized carbons (Fsp3) is 0. The number of aliphatic carboxylic acids is 2. The fourth-order valence-corrected chi connectivity index (χ4v) is 1.34. The standard InChI is InChI=1S/C14H12N2O6/c17-11(5-7-13(19)20)15-9-3-1-2-4-10(9)16-12(18)6-8-14(21)22/h1-8H,(H,15,17)(H,16,18)(H,19,20)(H,21,22)/p-2. The van der Waals surface area contributed by atoms with Crippen LogP contribution in [0.4, 0.5) is 11.4 Å². The third-order valence-corrected chi connectivity index (χ3v) is 2.18. The van der Waals surface area contributed by atoms with Crippen LogP contribution in [0.3, 0.4) is 0 Å². The van der Waals surface area contributed by atoms with E-state index < -0.39 is 23.8 Å². The second-order valence-corrected chi connectivity index (χ2v) is 3.83. The molecular formula is C14H10N2O6-2. The van der Waals surface area contributed by atoms with Gasteiger partial charge in [-0.05, 0) is 24.3 Å². The maximum Gasteiger partial charge on any atom is 0.248 e. The van der Waals surface area contributed by atoms with E-state index in [0.717, 1.165) is 12.2 Å². The van der Waals surface area contributed by atoms with Crippen LogP contribution in [-0.2, 0) is 19.2 Å². The molecule has 0 heterocycles. The van der Waals surface area contributed by atoms with Crippen molar-refractivity contribution < 1.29 is 29.4 Å². The van der Waals surface area contributed by atoms with Gasteiger partial charge in [0.15, 0.2) is 0 Å². The first-order valence-corrected chi connectivity index (χ1v) is 5.87.